The van der Waals surface area contributed by atoms with Gasteiger partial charge >= 0.3 is 0 Å². The Labute approximate surface area is 84.2 Å². The van der Waals surface area contributed by atoms with Crippen molar-refractivity contribution in [3.8, 4) is 0 Å². The molecule has 0 aliphatic rings. The summed E-state index contributed by atoms with van der Waals surface area (Å²) in [6, 6.07) is 8.10. The van der Waals surface area contributed by atoms with Crippen molar-refractivity contribution in [1.29, 1.82) is 0 Å². The number of aryl methyl sites for hydroxylation is 1. The van der Waals surface area contributed by atoms with Crippen LogP contribution >= 0.6 is 0 Å². The maximum absolute atomic E-state index is 8.66. The van der Waals surface area contributed by atoms with Crippen molar-refractivity contribution in [3.63, 3.8) is 0 Å². The van der Waals surface area contributed by atoms with Gasteiger partial charge < -0.3 is 5.11 Å². The summed E-state index contributed by atoms with van der Waals surface area (Å²) >= 11 is 0. The van der Waals surface area contributed by atoms with E-state index in [0.717, 1.165) is 18.4 Å². The Morgan fingerprint density at radius 1 is 1.14 bits per heavy atom. The van der Waals surface area contributed by atoms with E-state index in [1.165, 1.54) is 12.7 Å². The minimum Gasteiger partial charge on any atom is -0.396 e. The first kappa shape index (κ1) is 11.2. The fraction of sp³-hybridized carbons (Fsp3) is 0.455. The normalized spacial score (nSPS) is 10.4. The van der Waals surface area contributed by atoms with E-state index in [0.29, 0.717) is 6.61 Å². The van der Waals surface area contributed by atoms with Gasteiger partial charge in [0.2, 0.25) is 0 Å². The van der Waals surface area contributed by atoms with Gasteiger partial charge in [-0.2, -0.15) is 0 Å². The molecule has 3 nitrogen and oxygen atoms in total. The van der Waals surface area contributed by atoms with Crippen molar-refractivity contribution in [1.82, 2.24) is 0 Å². The second-order valence-corrected chi connectivity index (χ2v) is 3.07. The molecule has 78 valence electrons. The molecule has 0 aliphatic carbocycles. The Kier molecular flexibility index (Phi) is 5.22. The zero-order valence-corrected chi connectivity index (χ0v) is 8.40. The molecular formula is C11H16O3. The van der Waals surface area contributed by atoms with Crippen LogP contribution in [-0.2, 0) is 22.8 Å². The lowest BCUT2D eigenvalue weighted by molar-refractivity contribution is -0.282. The molecule has 0 fully saturated rings. The van der Waals surface area contributed by atoms with Gasteiger partial charge in [-0.15, -0.1) is 0 Å². The second-order valence-electron chi connectivity index (χ2n) is 3.07. The lowest BCUT2D eigenvalue weighted by Crippen LogP contribution is -1.93. The van der Waals surface area contributed by atoms with Gasteiger partial charge in [0.25, 0.3) is 0 Å². The molecule has 0 amide bonds. The van der Waals surface area contributed by atoms with Crippen molar-refractivity contribution < 1.29 is 14.9 Å². The summed E-state index contributed by atoms with van der Waals surface area (Å²) in [6.07, 6.45) is 1.73. The molecule has 1 aromatic carbocycles. The molecule has 0 saturated heterocycles. The topological polar surface area (TPSA) is 38.7 Å². The summed E-state index contributed by atoms with van der Waals surface area (Å²) in [6.45, 7) is 0.714. The van der Waals surface area contributed by atoms with Crippen LogP contribution in [0.25, 0.3) is 0 Å². The predicted octanol–water partition coefficient (Wildman–Crippen LogP) is 1.69. The molecule has 1 rings (SSSR count). The Bertz CT molecular complexity index is 216. The molecule has 0 unspecified atom stereocenters. The molecule has 0 aliphatic heterocycles. The third kappa shape index (κ3) is 3.87. The molecule has 3 heteroatoms. The van der Waals surface area contributed by atoms with E-state index >= 15 is 0 Å². The van der Waals surface area contributed by atoms with E-state index in [4.69, 9.17) is 9.99 Å². The highest BCUT2D eigenvalue weighted by molar-refractivity contribution is 5.22. The highest BCUT2D eigenvalue weighted by Gasteiger charge is 1.95. The highest BCUT2D eigenvalue weighted by Crippen LogP contribution is 2.07. The molecule has 1 N–H and O–H groups in total. The fourth-order valence-electron chi connectivity index (χ4n) is 1.21. The summed E-state index contributed by atoms with van der Waals surface area (Å²) in [4.78, 5) is 9.31. The Balaban J connectivity index is 2.42. The summed E-state index contributed by atoms with van der Waals surface area (Å²) < 4.78 is 0. The third-order valence-corrected chi connectivity index (χ3v) is 1.99. The first-order valence-corrected chi connectivity index (χ1v) is 4.71. The highest BCUT2D eigenvalue weighted by atomic mass is 17.2. The number of benzene rings is 1. The summed E-state index contributed by atoms with van der Waals surface area (Å²) in [5.74, 6) is 0. The number of rotatable bonds is 6. The maximum Gasteiger partial charge on any atom is 0.107 e. The summed E-state index contributed by atoms with van der Waals surface area (Å²) in [5, 5.41) is 8.66. The van der Waals surface area contributed by atoms with Gasteiger partial charge in [0.1, 0.15) is 6.61 Å². The molecule has 0 saturated carbocycles. The van der Waals surface area contributed by atoms with Crippen LogP contribution in [0.2, 0.25) is 0 Å². The average Bonchev–Trinajstić information content (AvgIpc) is 2.25. The first-order chi connectivity index (χ1) is 6.86. The largest absolute Gasteiger partial charge is 0.396 e. The van der Waals surface area contributed by atoms with E-state index in [9.17, 15) is 0 Å². The van der Waals surface area contributed by atoms with Crippen LogP contribution in [0.15, 0.2) is 24.3 Å². The number of hydrogen-bond acceptors (Lipinski definition) is 3. The van der Waals surface area contributed by atoms with Crippen molar-refractivity contribution in [3.05, 3.63) is 35.4 Å². The third-order valence-electron chi connectivity index (χ3n) is 1.99. The number of aliphatic hydroxyl groups is 1. The standard InChI is InChI=1S/C11H16O3/c1-13-14-9-11-6-4-10(5-7-11)3-2-8-12/h4-7,12H,2-3,8-9H2,1H3. The maximum atomic E-state index is 8.66. The average molecular weight is 196 g/mol. The molecule has 1 aromatic rings. The van der Waals surface area contributed by atoms with Gasteiger partial charge in [-0.3, -0.25) is 0 Å². The van der Waals surface area contributed by atoms with E-state index in [1.54, 1.807) is 0 Å². The molecule has 0 radical (unpaired) electrons. The molecule has 0 spiro atoms. The Hall–Kier alpha value is -0.900. The van der Waals surface area contributed by atoms with Crippen LogP contribution in [0.5, 0.6) is 0 Å². The van der Waals surface area contributed by atoms with Crippen LogP contribution in [0, 0.1) is 0 Å². The van der Waals surface area contributed by atoms with Crippen molar-refractivity contribution in [2.75, 3.05) is 13.7 Å². The van der Waals surface area contributed by atoms with E-state index < -0.39 is 0 Å². The Morgan fingerprint density at radius 2 is 1.79 bits per heavy atom. The van der Waals surface area contributed by atoms with Crippen LogP contribution in [0.3, 0.4) is 0 Å². The SMILES string of the molecule is COOCc1ccc(CCCO)cc1. The van der Waals surface area contributed by atoms with Crippen LogP contribution < -0.4 is 0 Å². The minimum absolute atomic E-state index is 0.245. The van der Waals surface area contributed by atoms with Crippen molar-refractivity contribution in [2.45, 2.75) is 19.4 Å². The molecule has 0 atom stereocenters. The van der Waals surface area contributed by atoms with Gasteiger partial charge in [-0.05, 0) is 24.0 Å². The smallest absolute Gasteiger partial charge is 0.107 e. The van der Waals surface area contributed by atoms with E-state index in [1.807, 2.05) is 24.3 Å². The van der Waals surface area contributed by atoms with Gasteiger partial charge in [0.15, 0.2) is 0 Å². The molecular weight excluding hydrogens is 180 g/mol. The second kappa shape index (κ2) is 6.54. The van der Waals surface area contributed by atoms with Gasteiger partial charge in [0.05, 0.1) is 7.11 Å². The minimum atomic E-state index is 0.245. The van der Waals surface area contributed by atoms with Crippen molar-refractivity contribution >= 4 is 0 Å². The Morgan fingerprint density at radius 3 is 2.36 bits per heavy atom. The molecule has 14 heavy (non-hydrogen) atoms. The molecule has 0 heterocycles. The van der Waals surface area contributed by atoms with Crippen LogP contribution in [-0.4, -0.2) is 18.8 Å². The fourth-order valence-corrected chi connectivity index (χ4v) is 1.21. The van der Waals surface area contributed by atoms with Gasteiger partial charge in [-0.1, -0.05) is 24.3 Å². The zero-order valence-electron chi connectivity index (χ0n) is 8.40. The predicted molar refractivity (Wildman–Crippen MR) is 53.6 cm³/mol. The quantitative estimate of drug-likeness (QED) is 0.556. The molecule has 0 aromatic heterocycles. The molecule has 0 bridgehead atoms. The monoisotopic (exact) mass is 196 g/mol. The summed E-state index contributed by atoms with van der Waals surface area (Å²) in [5.41, 5.74) is 2.32. The lowest BCUT2D eigenvalue weighted by atomic mass is 10.1. The van der Waals surface area contributed by atoms with Gasteiger partial charge in [-0.25, -0.2) is 9.78 Å². The van der Waals surface area contributed by atoms with Crippen LogP contribution in [0.1, 0.15) is 17.5 Å². The van der Waals surface area contributed by atoms with Crippen LogP contribution in [0.4, 0.5) is 0 Å². The summed E-state index contributed by atoms with van der Waals surface area (Å²) in [7, 11) is 1.50. The zero-order chi connectivity index (χ0) is 10.2. The van der Waals surface area contributed by atoms with E-state index in [2.05, 4.69) is 4.89 Å². The van der Waals surface area contributed by atoms with Gasteiger partial charge in [0, 0.05) is 6.61 Å². The first-order valence-electron chi connectivity index (χ1n) is 4.71. The lowest BCUT2D eigenvalue weighted by Gasteiger charge is -2.02. The number of aliphatic hydroxyl groups excluding tert-OH is 1. The number of hydrogen-bond donors (Lipinski definition) is 1. The van der Waals surface area contributed by atoms with Crippen molar-refractivity contribution in [2.24, 2.45) is 0 Å². The van der Waals surface area contributed by atoms with E-state index in [-0.39, 0.29) is 6.61 Å².